The Morgan fingerprint density at radius 2 is 1.95 bits per heavy atom. The van der Waals surface area contributed by atoms with Crippen molar-refractivity contribution in [3.63, 3.8) is 0 Å². The van der Waals surface area contributed by atoms with Crippen LogP contribution in [0.3, 0.4) is 0 Å². The number of benzene rings is 2. The number of nitrogens with zero attached hydrogens (tertiary/aromatic N) is 1. The molecule has 0 spiro atoms. The van der Waals surface area contributed by atoms with Gasteiger partial charge in [0.2, 0.25) is 0 Å². The number of nitrogens with two attached hydrogens (primary N) is 1. The van der Waals surface area contributed by atoms with Crippen molar-refractivity contribution in [3.05, 3.63) is 70.0 Å². The topological polar surface area (TPSA) is 38.9 Å². The second-order valence-corrected chi connectivity index (χ2v) is 7.06. The highest BCUT2D eigenvalue weighted by atomic mass is 32.2. The fourth-order valence-corrected chi connectivity index (χ4v) is 3.91. The van der Waals surface area contributed by atoms with Crippen molar-refractivity contribution in [1.82, 2.24) is 4.98 Å². The summed E-state index contributed by atoms with van der Waals surface area (Å²) in [6.07, 6.45) is 0. The molecule has 0 saturated carbocycles. The highest BCUT2D eigenvalue weighted by Gasteiger charge is 2.10. The first kappa shape index (κ1) is 15.3. The van der Waals surface area contributed by atoms with Crippen molar-refractivity contribution >= 4 is 23.1 Å². The van der Waals surface area contributed by atoms with Crippen molar-refractivity contribution in [1.29, 1.82) is 0 Å². The Hall–Kier alpha value is -1.62. The first-order valence-corrected chi connectivity index (χ1v) is 9.05. The highest BCUT2D eigenvalue weighted by Crippen LogP contribution is 2.34. The van der Waals surface area contributed by atoms with Crippen molar-refractivity contribution in [2.75, 3.05) is 0 Å². The van der Waals surface area contributed by atoms with Crippen LogP contribution in [0.25, 0.3) is 11.3 Å². The molecule has 2 nitrogen and oxygen atoms in total. The van der Waals surface area contributed by atoms with Gasteiger partial charge in [0.05, 0.1) is 5.69 Å². The fourth-order valence-electron chi connectivity index (χ4n) is 2.23. The Morgan fingerprint density at radius 1 is 1.14 bits per heavy atom. The van der Waals surface area contributed by atoms with Crippen LogP contribution in [-0.4, -0.2) is 4.98 Å². The van der Waals surface area contributed by atoms with E-state index in [2.05, 4.69) is 65.8 Å². The molecule has 2 aromatic carbocycles. The van der Waals surface area contributed by atoms with E-state index >= 15 is 0 Å². The van der Waals surface area contributed by atoms with Gasteiger partial charge in [-0.25, -0.2) is 4.98 Å². The highest BCUT2D eigenvalue weighted by molar-refractivity contribution is 7.98. The molecule has 1 heterocycles. The monoisotopic (exact) mass is 326 g/mol. The predicted molar refractivity (Wildman–Crippen MR) is 96.2 cm³/mol. The SMILES string of the molecule is Cc1ccc(SCc2ccccc2)c(-c2csc(CN)n2)c1. The standard InChI is InChI=1S/C18H18N2S2/c1-13-7-8-17(21-11-14-5-3-2-4-6-14)15(9-13)16-12-22-18(10-19)20-16/h2-9,12H,10-11,19H2,1H3. The van der Waals surface area contributed by atoms with E-state index in [-0.39, 0.29) is 0 Å². The van der Waals surface area contributed by atoms with E-state index in [0.717, 1.165) is 16.5 Å². The molecular formula is C18H18N2S2. The minimum absolute atomic E-state index is 0.503. The van der Waals surface area contributed by atoms with E-state index < -0.39 is 0 Å². The molecule has 0 aliphatic rings. The summed E-state index contributed by atoms with van der Waals surface area (Å²) < 4.78 is 0. The minimum atomic E-state index is 0.503. The van der Waals surface area contributed by atoms with E-state index in [1.54, 1.807) is 11.3 Å². The second-order valence-electron chi connectivity index (χ2n) is 5.10. The number of hydrogen-bond donors (Lipinski definition) is 1. The maximum atomic E-state index is 5.69. The molecule has 0 saturated heterocycles. The molecule has 0 aliphatic carbocycles. The Morgan fingerprint density at radius 3 is 2.68 bits per heavy atom. The molecular weight excluding hydrogens is 308 g/mol. The third-order valence-electron chi connectivity index (χ3n) is 3.37. The summed E-state index contributed by atoms with van der Waals surface area (Å²) in [6, 6.07) is 17.1. The molecule has 4 heteroatoms. The van der Waals surface area contributed by atoms with Gasteiger partial charge in [-0.15, -0.1) is 23.1 Å². The molecule has 112 valence electrons. The maximum absolute atomic E-state index is 5.69. The molecule has 22 heavy (non-hydrogen) atoms. The smallest absolute Gasteiger partial charge is 0.107 e. The van der Waals surface area contributed by atoms with Gasteiger partial charge in [0.1, 0.15) is 5.01 Å². The maximum Gasteiger partial charge on any atom is 0.107 e. The minimum Gasteiger partial charge on any atom is -0.325 e. The van der Waals surface area contributed by atoms with Crippen LogP contribution < -0.4 is 5.73 Å². The summed E-state index contributed by atoms with van der Waals surface area (Å²) in [6.45, 7) is 2.62. The van der Waals surface area contributed by atoms with Crippen LogP contribution in [0.1, 0.15) is 16.1 Å². The predicted octanol–water partition coefficient (Wildman–Crippen LogP) is 4.87. The third kappa shape index (κ3) is 3.58. The Balaban J connectivity index is 1.87. The Kier molecular flexibility index (Phi) is 4.93. The van der Waals surface area contributed by atoms with E-state index in [1.165, 1.54) is 21.6 Å². The van der Waals surface area contributed by atoms with Crippen molar-refractivity contribution in [2.45, 2.75) is 24.1 Å². The van der Waals surface area contributed by atoms with Gasteiger partial charge >= 0.3 is 0 Å². The molecule has 0 radical (unpaired) electrons. The number of thiazole rings is 1. The fraction of sp³-hybridized carbons (Fsp3) is 0.167. The summed E-state index contributed by atoms with van der Waals surface area (Å²) in [4.78, 5) is 5.90. The largest absolute Gasteiger partial charge is 0.325 e. The lowest BCUT2D eigenvalue weighted by molar-refractivity contribution is 1.04. The average molecular weight is 326 g/mol. The molecule has 0 unspecified atom stereocenters. The quantitative estimate of drug-likeness (QED) is 0.680. The van der Waals surface area contributed by atoms with Gasteiger partial charge in [-0.05, 0) is 24.6 Å². The van der Waals surface area contributed by atoms with Crippen LogP contribution >= 0.6 is 23.1 Å². The lowest BCUT2D eigenvalue weighted by Crippen LogP contribution is -1.95. The van der Waals surface area contributed by atoms with Gasteiger partial charge in [-0.2, -0.15) is 0 Å². The van der Waals surface area contributed by atoms with E-state index in [9.17, 15) is 0 Å². The van der Waals surface area contributed by atoms with Gasteiger partial charge in [-0.3, -0.25) is 0 Å². The van der Waals surface area contributed by atoms with Crippen molar-refractivity contribution < 1.29 is 0 Å². The first-order valence-electron chi connectivity index (χ1n) is 7.18. The first-order chi connectivity index (χ1) is 10.8. The second kappa shape index (κ2) is 7.09. The summed E-state index contributed by atoms with van der Waals surface area (Å²) in [5.41, 5.74) is 10.5. The van der Waals surface area contributed by atoms with Crippen molar-refractivity contribution in [2.24, 2.45) is 5.73 Å². The van der Waals surface area contributed by atoms with Gasteiger partial charge in [-0.1, -0.05) is 42.0 Å². The molecule has 0 bridgehead atoms. The summed E-state index contributed by atoms with van der Waals surface area (Å²) in [5.74, 6) is 0.963. The van der Waals surface area contributed by atoms with Gasteiger partial charge in [0, 0.05) is 28.1 Å². The van der Waals surface area contributed by atoms with Gasteiger partial charge in [0.15, 0.2) is 0 Å². The molecule has 2 N–H and O–H groups in total. The van der Waals surface area contributed by atoms with E-state index in [0.29, 0.717) is 6.54 Å². The third-order valence-corrected chi connectivity index (χ3v) is 5.39. The molecule has 0 atom stereocenters. The molecule has 3 rings (SSSR count). The normalized spacial score (nSPS) is 10.8. The number of aryl methyl sites for hydroxylation is 1. The molecule has 0 aliphatic heterocycles. The number of hydrogen-bond acceptors (Lipinski definition) is 4. The lowest BCUT2D eigenvalue weighted by Gasteiger charge is -2.09. The van der Waals surface area contributed by atoms with Crippen LogP contribution in [0.15, 0.2) is 58.8 Å². The molecule has 1 aromatic heterocycles. The van der Waals surface area contributed by atoms with Crippen LogP contribution in [0, 0.1) is 6.92 Å². The average Bonchev–Trinajstić information content (AvgIpc) is 3.03. The lowest BCUT2D eigenvalue weighted by atomic mass is 10.1. The summed E-state index contributed by atoms with van der Waals surface area (Å²) >= 11 is 3.48. The van der Waals surface area contributed by atoms with Crippen LogP contribution in [-0.2, 0) is 12.3 Å². The van der Waals surface area contributed by atoms with Crippen LogP contribution in [0.5, 0.6) is 0 Å². The van der Waals surface area contributed by atoms with Crippen LogP contribution in [0.2, 0.25) is 0 Å². The number of rotatable bonds is 5. The zero-order valence-electron chi connectivity index (χ0n) is 12.5. The zero-order chi connectivity index (χ0) is 15.4. The van der Waals surface area contributed by atoms with Gasteiger partial charge in [0.25, 0.3) is 0 Å². The number of aromatic nitrogens is 1. The summed E-state index contributed by atoms with van der Waals surface area (Å²) in [7, 11) is 0. The zero-order valence-corrected chi connectivity index (χ0v) is 14.1. The molecule has 0 amide bonds. The van der Waals surface area contributed by atoms with Gasteiger partial charge < -0.3 is 5.73 Å². The summed E-state index contributed by atoms with van der Waals surface area (Å²) in [5, 5.41) is 3.08. The van der Waals surface area contributed by atoms with E-state index in [1.807, 2.05) is 11.8 Å². The van der Waals surface area contributed by atoms with Crippen LogP contribution in [0.4, 0.5) is 0 Å². The van der Waals surface area contributed by atoms with E-state index in [4.69, 9.17) is 5.73 Å². The Bertz CT molecular complexity index is 751. The molecule has 3 aromatic rings. The Labute approximate surface area is 139 Å². The molecule has 0 fully saturated rings. The van der Waals surface area contributed by atoms with Crippen molar-refractivity contribution in [3.8, 4) is 11.3 Å². The number of thioether (sulfide) groups is 1.